The first-order valence-electron chi connectivity index (χ1n) is 14.2. The van der Waals surface area contributed by atoms with E-state index in [0.29, 0.717) is 5.56 Å². The van der Waals surface area contributed by atoms with Crippen LogP contribution in [0.4, 0.5) is 13.2 Å². The molecule has 0 aliphatic carbocycles. The number of aryl methyl sites for hydroxylation is 3. The Bertz CT molecular complexity index is 1890. The van der Waals surface area contributed by atoms with Crippen molar-refractivity contribution in [3.05, 3.63) is 77.0 Å². The van der Waals surface area contributed by atoms with Gasteiger partial charge < -0.3 is 4.74 Å². The summed E-state index contributed by atoms with van der Waals surface area (Å²) in [6, 6.07) is 16.5. The average molecular weight is 557 g/mol. The maximum atomic E-state index is 13.7. The van der Waals surface area contributed by atoms with Crippen LogP contribution >= 0.6 is 0 Å². The number of alkyl halides is 3. The molecule has 1 aliphatic rings. The van der Waals surface area contributed by atoms with Crippen molar-refractivity contribution in [3.8, 4) is 22.8 Å². The molecule has 1 aromatic heterocycles. The minimum Gasteiger partial charge on any atom is -0.455 e. The summed E-state index contributed by atoms with van der Waals surface area (Å²) in [5, 5.41) is 6.33. The van der Waals surface area contributed by atoms with Crippen molar-refractivity contribution in [1.82, 2.24) is 0 Å². The second kappa shape index (κ2) is 8.95. The highest BCUT2D eigenvalue weighted by Gasteiger charge is 2.47. The van der Waals surface area contributed by atoms with Gasteiger partial charge in [-0.2, -0.15) is 13.2 Å². The van der Waals surface area contributed by atoms with Gasteiger partial charge in [-0.25, -0.2) is 4.57 Å². The molecule has 0 saturated carbocycles. The highest BCUT2D eigenvalue weighted by Crippen LogP contribution is 2.53. The van der Waals surface area contributed by atoms with Gasteiger partial charge in [0.15, 0.2) is 6.20 Å². The van der Waals surface area contributed by atoms with Crippen molar-refractivity contribution in [2.45, 2.75) is 67.5 Å². The molecular formula is C36H37F3NO+. The summed E-state index contributed by atoms with van der Waals surface area (Å²) >= 11 is 0. The minimum atomic E-state index is -4.28. The Morgan fingerprint density at radius 3 is 2.20 bits per heavy atom. The van der Waals surface area contributed by atoms with Crippen molar-refractivity contribution in [3.63, 3.8) is 0 Å². The first-order chi connectivity index (χ1) is 19.1. The summed E-state index contributed by atoms with van der Waals surface area (Å²) < 4.78 is 50.2. The zero-order valence-corrected chi connectivity index (χ0v) is 25.1. The Morgan fingerprint density at radius 1 is 0.780 bits per heavy atom. The summed E-state index contributed by atoms with van der Waals surface area (Å²) in [6.45, 7) is 13.6. The summed E-state index contributed by atoms with van der Waals surface area (Å²) in [5.41, 5.74) is 4.67. The van der Waals surface area contributed by atoms with E-state index in [1.165, 1.54) is 41.3 Å². The fourth-order valence-electron chi connectivity index (χ4n) is 6.42. The second-order valence-corrected chi connectivity index (χ2v) is 13.7. The van der Waals surface area contributed by atoms with E-state index in [1.54, 1.807) is 0 Å². The fraction of sp³-hybridized carbons (Fsp3) is 0.361. The molecule has 0 radical (unpaired) electrons. The van der Waals surface area contributed by atoms with Crippen LogP contribution in [-0.2, 0) is 19.9 Å². The van der Waals surface area contributed by atoms with Crippen LogP contribution in [-0.4, -0.2) is 6.18 Å². The third-order valence-electron chi connectivity index (χ3n) is 8.61. The molecule has 0 bridgehead atoms. The first kappa shape index (κ1) is 27.6. The third-order valence-corrected chi connectivity index (χ3v) is 8.61. The Hall–Kier alpha value is -3.60. The van der Waals surface area contributed by atoms with E-state index >= 15 is 0 Å². The molecule has 1 aliphatic heterocycles. The molecule has 0 spiro atoms. The van der Waals surface area contributed by atoms with Crippen LogP contribution in [0.25, 0.3) is 43.6 Å². The summed E-state index contributed by atoms with van der Waals surface area (Å²) in [4.78, 5) is 0. The normalized spacial score (nSPS) is 13.6. The number of rotatable bonds is 3. The van der Waals surface area contributed by atoms with E-state index in [0.717, 1.165) is 50.7 Å². The number of benzene rings is 4. The number of fused-ring (bicyclic) bond motifs is 5. The van der Waals surface area contributed by atoms with Gasteiger partial charge in [-0.3, -0.25) is 0 Å². The van der Waals surface area contributed by atoms with E-state index < -0.39 is 11.6 Å². The lowest BCUT2D eigenvalue weighted by Crippen LogP contribution is -2.34. The Kier molecular flexibility index (Phi) is 6.02. The Labute approximate surface area is 239 Å². The second-order valence-electron chi connectivity index (χ2n) is 13.7. The molecule has 2 heterocycles. The van der Waals surface area contributed by atoms with Crippen LogP contribution in [0.1, 0.15) is 56.9 Å². The van der Waals surface area contributed by atoms with Gasteiger partial charge in [-0.15, -0.1) is 0 Å². The van der Waals surface area contributed by atoms with Crippen LogP contribution < -0.4 is 9.30 Å². The fourth-order valence-corrected chi connectivity index (χ4v) is 6.42. The lowest BCUT2D eigenvalue weighted by Gasteiger charge is -2.29. The smallest absolute Gasteiger partial charge is 0.394 e. The molecular weight excluding hydrogens is 519 g/mol. The molecule has 212 valence electrons. The van der Waals surface area contributed by atoms with Crippen molar-refractivity contribution >= 4 is 32.3 Å². The molecule has 41 heavy (non-hydrogen) atoms. The molecule has 5 heteroatoms. The minimum absolute atomic E-state index is 0.0443. The molecule has 0 fully saturated rings. The van der Waals surface area contributed by atoms with Gasteiger partial charge in [0.25, 0.3) is 0 Å². The molecule has 0 atom stereocenters. The van der Waals surface area contributed by atoms with Gasteiger partial charge in [-0.05, 0) is 70.8 Å². The molecule has 0 saturated heterocycles. The van der Waals surface area contributed by atoms with E-state index in [-0.39, 0.29) is 11.8 Å². The Morgan fingerprint density at radius 2 is 1.51 bits per heavy atom. The average Bonchev–Trinajstić information content (AvgIpc) is 2.86. The number of aromatic nitrogens is 1. The standard InChI is InChI=1S/C36H37F3NO/c1-20-9-12-24-26(15-20)21(2)30-32-31-25(13-14-40(32)8)27-16-22(18-35(6,7)36(37,38)39)10-11-23(27)17-29(31)41-33(30)28(24)19-34(3,4)5/h9-17H,18-19H2,1-8H3/q+1. The highest BCUT2D eigenvalue weighted by molar-refractivity contribution is 6.16. The molecule has 0 unspecified atom stereocenters. The Balaban J connectivity index is 1.67. The van der Waals surface area contributed by atoms with Gasteiger partial charge in [0.1, 0.15) is 18.5 Å². The highest BCUT2D eigenvalue weighted by atomic mass is 19.4. The van der Waals surface area contributed by atoms with Crippen molar-refractivity contribution < 1.29 is 22.5 Å². The van der Waals surface area contributed by atoms with Crippen molar-refractivity contribution in [2.75, 3.05) is 0 Å². The SMILES string of the molecule is Cc1ccc2c(CC(C)(C)C)c3c(c(C)c2c1)-c1c2c(cc4ccc(CC(C)(C)C(F)(F)F)cc4c2cc[n+]1C)O3. The quantitative estimate of drug-likeness (QED) is 0.156. The first-order valence-corrected chi connectivity index (χ1v) is 14.2. The molecule has 4 aromatic carbocycles. The van der Waals surface area contributed by atoms with Crippen LogP contribution in [0, 0.1) is 24.7 Å². The third kappa shape index (κ3) is 4.45. The molecule has 2 nitrogen and oxygen atoms in total. The predicted octanol–water partition coefficient (Wildman–Crippen LogP) is 10.1. The topological polar surface area (TPSA) is 13.1 Å². The molecule has 0 N–H and O–H groups in total. The summed E-state index contributed by atoms with van der Waals surface area (Å²) in [7, 11) is 2.06. The number of ether oxygens (including phenoxy) is 1. The lowest BCUT2D eigenvalue weighted by molar-refractivity contribution is -0.659. The van der Waals surface area contributed by atoms with E-state index in [4.69, 9.17) is 4.74 Å². The number of nitrogens with zero attached hydrogens (tertiary/aromatic N) is 1. The van der Waals surface area contributed by atoms with Crippen molar-refractivity contribution in [2.24, 2.45) is 17.9 Å². The van der Waals surface area contributed by atoms with Crippen LogP contribution in [0.15, 0.2) is 54.7 Å². The number of hydrogen-bond acceptors (Lipinski definition) is 1. The molecule has 6 rings (SSSR count). The molecule has 5 aromatic rings. The number of halogens is 3. The summed E-state index contributed by atoms with van der Waals surface area (Å²) in [5.74, 6) is 1.70. The van der Waals surface area contributed by atoms with Crippen LogP contribution in [0.5, 0.6) is 11.5 Å². The number of hydrogen-bond donors (Lipinski definition) is 0. The van der Waals surface area contributed by atoms with Gasteiger partial charge in [0.05, 0.1) is 16.4 Å². The maximum Gasteiger partial charge on any atom is 0.394 e. The van der Waals surface area contributed by atoms with Gasteiger partial charge in [0.2, 0.25) is 5.69 Å². The van der Waals surface area contributed by atoms with Crippen LogP contribution in [0.3, 0.4) is 0 Å². The van der Waals surface area contributed by atoms with Crippen molar-refractivity contribution in [1.29, 1.82) is 0 Å². The van der Waals surface area contributed by atoms with Crippen LogP contribution in [0.2, 0.25) is 0 Å². The van der Waals surface area contributed by atoms with Gasteiger partial charge in [0, 0.05) is 17.0 Å². The van der Waals surface area contributed by atoms with E-state index in [2.05, 4.69) is 82.8 Å². The van der Waals surface area contributed by atoms with Gasteiger partial charge >= 0.3 is 6.18 Å². The van der Waals surface area contributed by atoms with Gasteiger partial charge in [-0.1, -0.05) is 76.6 Å². The van der Waals surface area contributed by atoms with E-state index in [1.807, 2.05) is 18.2 Å². The summed E-state index contributed by atoms with van der Waals surface area (Å²) in [6.07, 6.45) is -1.44. The zero-order valence-electron chi connectivity index (χ0n) is 25.1. The molecule has 0 amide bonds. The zero-order chi connectivity index (χ0) is 29.6. The largest absolute Gasteiger partial charge is 0.455 e. The maximum absolute atomic E-state index is 13.7. The predicted molar refractivity (Wildman–Crippen MR) is 162 cm³/mol. The van der Waals surface area contributed by atoms with E-state index in [9.17, 15) is 13.2 Å². The lowest BCUT2D eigenvalue weighted by atomic mass is 9.81. The number of pyridine rings is 1. The monoisotopic (exact) mass is 556 g/mol.